The number of carbonyl (C=O) groups excluding carboxylic acids is 1. The van der Waals surface area contributed by atoms with E-state index in [2.05, 4.69) is 26.1 Å². The summed E-state index contributed by atoms with van der Waals surface area (Å²) < 4.78 is 16.4. The number of thiophene rings is 1. The molecule has 0 bridgehead atoms. The van der Waals surface area contributed by atoms with Gasteiger partial charge in [-0.25, -0.2) is 4.99 Å². The molecule has 3 aromatic rings. The molecule has 4 rings (SSSR count). The van der Waals surface area contributed by atoms with Crippen molar-refractivity contribution in [3.8, 4) is 11.5 Å². The molecule has 1 N–H and O–H groups in total. The van der Waals surface area contributed by atoms with Crippen molar-refractivity contribution in [1.82, 2.24) is 0 Å². The lowest BCUT2D eigenvalue weighted by atomic mass is 9.72. The van der Waals surface area contributed by atoms with E-state index in [-0.39, 0.29) is 11.3 Å². The van der Waals surface area contributed by atoms with Gasteiger partial charge in [-0.3, -0.25) is 4.79 Å². The van der Waals surface area contributed by atoms with Gasteiger partial charge in [-0.05, 0) is 67.3 Å². The first kappa shape index (κ1) is 24.1. The average molecular weight is 481 g/mol. The fourth-order valence-electron chi connectivity index (χ4n) is 4.38. The van der Waals surface area contributed by atoms with Crippen molar-refractivity contribution in [3.05, 3.63) is 57.9 Å². The predicted octanol–water partition coefficient (Wildman–Crippen LogP) is 6.82. The minimum absolute atomic E-state index is 0.193. The quantitative estimate of drug-likeness (QED) is 0.393. The first-order chi connectivity index (χ1) is 16.2. The second-order valence-corrected chi connectivity index (χ2v) is 10.8. The zero-order chi connectivity index (χ0) is 24.5. The Labute approximate surface area is 205 Å². The van der Waals surface area contributed by atoms with E-state index in [1.54, 1.807) is 50.0 Å². The highest BCUT2D eigenvalue weighted by Gasteiger charge is 2.34. The largest absolute Gasteiger partial charge is 0.497 e. The van der Waals surface area contributed by atoms with Gasteiger partial charge in [0.2, 0.25) is 0 Å². The third-order valence-electron chi connectivity index (χ3n) is 6.42. The summed E-state index contributed by atoms with van der Waals surface area (Å²) in [6.45, 7) is 8.76. The Kier molecular flexibility index (Phi) is 6.84. The van der Waals surface area contributed by atoms with Gasteiger partial charge in [-0.15, -0.1) is 11.3 Å². The van der Waals surface area contributed by atoms with Crippen LogP contribution in [0.3, 0.4) is 0 Å². The fourth-order valence-corrected chi connectivity index (χ4v) is 5.65. The first-order valence-corrected chi connectivity index (χ1v) is 12.3. The number of rotatable bonds is 6. The lowest BCUT2D eigenvalue weighted by Gasteiger charge is -2.33. The number of benzene rings is 1. The number of nitrogens with zero attached hydrogens (tertiary/aromatic N) is 1. The number of ether oxygens (including phenoxy) is 2. The summed E-state index contributed by atoms with van der Waals surface area (Å²) in [6.07, 6.45) is 4.56. The third kappa shape index (κ3) is 5.04. The molecule has 1 aromatic carbocycles. The fraction of sp³-hybridized carbons (Fsp3) is 0.407. The molecule has 180 valence electrons. The van der Waals surface area contributed by atoms with Gasteiger partial charge >= 0.3 is 0 Å². The second kappa shape index (κ2) is 9.66. The van der Waals surface area contributed by atoms with Gasteiger partial charge in [0.1, 0.15) is 28.0 Å². The Morgan fingerprint density at radius 2 is 2.00 bits per heavy atom. The smallest absolute Gasteiger partial charge is 0.259 e. The molecule has 0 saturated carbocycles. The molecule has 1 amide bonds. The minimum Gasteiger partial charge on any atom is -0.497 e. The minimum atomic E-state index is -0.193. The van der Waals surface area contributed by atoms with Gasteiger partial charge in [0.05, 0.1) is 31.7 Å². The molecule has 34 heavy (non-hydrogen) atoms. The van der Waals surface area contributed by atoms with Crippen molar-refractivity contribution in [3.63, 3.8) is 0 Å². The van der Waals surface area contributed by atoms with Crippen LogP contribution in [0.2, 0.25) is 0 Å². The van der Waals surface area contributed by atoms with Gasteiger partial charge in [0.15, 0.2) is 0 Å². The Balaban J connectivity index is 1.72. The summed E-state index contributed by atoms with van der Waals surface area (Å²) in [5, 5.41) is 3.74. The lowest BCUT2D eigenvalue weighted by Crippen LogP contribution is -2.27. The number of nitrogens with one attached hydrogen (secondary N) is 1. The number of aliphatic imine (C=N–C) groups is 1. The SMILES string of the molecule is COc1ccc(OC)c(NC(=O)c2c(N=Cc3ccc(C)o3)sc3c2CC[C@@H](C(C)(C)C)C3)c1. The third-order valence-corrected chi connectivity index (χ3v) is 7.59. The molecule has 0 radical (unpaired) electrons. The van der Waals surface area contributed by atoms with Crippen LogP contribution in [0.5, 0.6) is 11.5 Å². The number of anilines is 1. The summed E-state index contributed by atoms with van der Waals surface area (Å²) in [5.74, 6) is 3.07. The van der Waals surface area contributed by atoms with Crippen LogP contribution in [0, 0.1) is 18.3 Å². The molecular weight excluding hydrogens is 448 g/mol. The van der Waals surface area contributed by atoms with E-state index in [9.17, 15) is 4.79 Å². The Bertz CT molecular complexity index is 1220. The normalized spacial score (nSPS) is 15.9. The molecule has 7 heteroatoms. The van der Waals surface area contributed by atoms with Crippen molar-refractivity contribution in [2.45, 2.75) is 47.0 Å². The van der Waals surface area contributed by atoms with Gasteiger partial charge in [-0.2, -0.15) is 0 Å². The Hall–Kier alpha value is -3.06. The molecule has 1 aliphatic carbocycles. The van der Waals surface area contributed by atoms with Gasteiger partial charge in [-0.1, -0.05) is 20.8 Å². The highest BCUT2D eigenvalue weighted by molar-refractivity contribution is 7.16. The number of methoxy groups -OCH3 is 2. The van der Waals surface area contributed by atoms with E-state index in [0.29, 0.717) is 39.4 Å². The van der Waals surface area contributed by atoms with Crippen LogP contribution in [0.15, 0.2) is 39.7 Å². The number of hydrogen-bond acceptors (Lipinski definition) is 6. The van der Waals surface area contributed by atoms with E-state index in [0.717, 1.165) is 30.6 Å². The van der Waals surface area contributed by atoms with Crippen LogP contribution < -0.4 is 14.8 Å². The maximum atomic E-state index is 13.6. The van der Waals surface area contributed by atoms with E-state index < -0.39 is 0 Å². The lowest BCUT2D eigenvalue weighted by molar-refractivity contribution is 0.102. The molecule has 0 fully saturated rings. The van der Waals surface area contributed by atoms with Crippen molar-refractivity contribution < 1.29 is 18.7 Å². The molecule has 0 spiro atoms. The Morgan fingerprint density at radius 3 is 2.65 bits per heavy atom. The zero-order valence-corrected chi connectivity index (χ0v) is 21.5. The zero-order valence-electron chi connectivity index (χ0n) is 20.7. The summed E-state index contributed by atoms with van der Waals surface area (Å²) in [4.78, 5) is 19.6. The molecule has 0 unspecified atom stereocenters. The maximum Gasteiger partial charge on any atom is 0.259 e. The van der Waals surface area contributed by atoms with E-state index in [1.165, 1.54) is 4.88 Å². The monoisotopic (exact) mass is 480 g/mol. The van der Waals surface area contributed by atoms with Gasteiger partial charge in [0, 0.05) is 10.9 Å². The Morgan fingerprint density at radius 1 is 1.21 bits per heavy atom. The summed E-state index contributed by atoms with van der Waals surface area (Å²) >= 11 is 1.61. The van der Waals surface area contributed by atoms with Crippen LogP contribution >= 0.6 is 11.3 Å². The van der Waals surface area contributed by atoms with Crippen LogP contribution in [0.4, 0.5) is 10.7 Å². The second-order valence-electron chi connectivity index (χ2n) is 9.72. The number of hydrogen-bond donors (Lipinski definition) is 1. The summed E-state index contributed by atoms with van der Waals surface area (Å²) in [6, 6.07) is 9.12. The first-order valence-electron chi connectivity index (χ1n) is 11.5. The van der Waals surface area contributed by atoms with Crippen molar-refractivity contribution in [1.29, 1.82) is 0 Å². The van der Waals surface area contributed by atoms with Crippen LogP contribution in [-0.4, -0.2) is 26.3 Å². The molecule has 2 aromatic heterocycles. The van der Waals surface area contributed by atoms with E-state index in [1.807, 2.05) is 19.1 Å². The van der Waals surface area contributed by atoms with E-state index >= 15 is 0 Å². The van der Waals surface area contributed by atoms with Crippen LogP contribution in [0.1, 0.15) is 59.5 Å². The van der Waals surface area contributed by atoms with Crippen molar-refractivity contribution in [2.75, 3.05) is 19.5 Å². The highest BCUT2D eigenvalue weighted by Crippen LogP contribution is 2.45. The van der Waals surface area contributed by atoms with Crippen LogP contribution in [-0.2, 0) is 12.8 Å². The number of furan rings is 1. The van der Waals surface area contributed by atoms with Crippen molar-refractivity contribution in [2.24, 2.45) is 16.3 Å². The maximum absolute atomic E-state index is 13.6. The van der Waals surface area contributed by atoms with Gasteiger partial charge in [0.25, 0.3) is 5.91 Å². The standard InChI is InChI=1S/C27H32N2O4S/c1-16-7-9-19(33-16)15-28-26-24(20-11-8-17(27(2,3)4)13-23(20)34-26)25(30)29-21-14-18(31-5)10-12-22(21)32-6/h7,9-10,12,14-15,17H,8,11,13H2,1-6H3,(H,29,30)/t17-/m1/s1. The molecule has 0 saturated heterocycles. The molecular formula is C27H32N2O4S. The predicted molar refractivity (Wildman–Crippen MR) is 137 cm³/mol. The summed E-state index contributed by atoms with van der Waals surface area (Å²) in [5.41, 5.74) is 2.52. The summed E-state index contributed by atoms with van der Waals surface area (Å²) in [7, 11) is 3.18. The number of carbonyl (C=O) groups is 1. The van der Waals surface area contributed by atoms with Gasteiger partial charge < -0.3 is 19.2 Å². The van der Waals surface area contributed by atoms with Crippen molar-refractivity contribution >= 4 is 34.1 Å². The van der Waals surface area contributed by atoms with E-state index in [4.69, 9.17) is 18.9 Å². The highest BCUT2D eigenvalue weighted by atomic mass is 32.1. The molecule has 2 heterocycles. The molecule has 1 atom stereocenters. The molecule has 6 nitrogen and oxygen atoms in total. The molecule has 0 aliphatic heterocycles. The number of amides is 1. The number of fused-ring (bicyclic) bond motifs is 1. The average Bonchev–Trinajstić information content (AvgIpc) is 3.39. The molecule has 1 aliphatic rings. The number of aryl methyl sites for hydroxylation is 1. The van der Waals surface area contributed by atoms with Crippen LogP contribution in [0.25, 0.3) is 0 Å². The topological polar surface area (TPSA) is 73.1 Å².